The Bertz CT molecular complexity index is 822. The first-order valence-electron chi connectivity index (χ1n) is 8.30. The number of piperidine rings is 1. The number of hydrogen-bond donors (Lipinski definition) is 1. The fraction of sp³-hybridized carbons (Fsp3) is 0.389. The van der Waals surface area contributed by atoms with E-state index in [9.17, 15) is 13.2 Å². The van der Waals surface area contributed by atoms with Gasteiger partial charge in [-0.1, -0.05) is 30.3 Å². The second-order valence-electron chi connectivity index (χ2n) is 6.33. The van der Waals surface area contributed by atoms with Gasteiger partial charge >= 0.3 is 5.97 Å². The number of rotatable bonds is 6. The van der Waals surface area contributed by atoms with Crippen molar-refractivity contribution >= 4 is 27.3 Å². The van der Waals surface area contributed by atoms with Crippen molar-refractivity contribution in [2.45, 2.75) is 29.9 Å². The van der Waals surface area contributed by atoms with Crippen molar-refractivity contribution in [3.8, 4) is 0 Å². The lowest BCUT2D eigenvalue weighted by Crippen LogP contribution is -2.38. The fourth-order valence-corrected chi connectivity index (χ4v) is 6.14. The molecule has 0 radical (unpaired) electrons. The zero-order valence-electron chi connectivity index (χ0n) is 13.8. The zero-order chi connectivity index (χ0) is 17.9. The highest BCUT2D eigenvalue weighted by molar-refractivity contribution is 7.91. The summed E-state index contributed by atoms with van der Waals surface area (Å²) in [6, 6.07) is 13.4. The summed E-state index contributed by atoms with van der Waals surface area (Å²) in [7, 11) is -3.51. The van der Waals surface area contributed by atoms with E-state index in [-0.39, 0.29) is 10.6 Å². The summed E-state index contributed by atoms with van der Waals surface area (Å²) in [5.41, 5.74) is 1.29. The number of thiophene rings is 1. The molecule has 1 aliphatic rings. The van der Waals surface area contributed by atoms with Crippen LogP contribution in [-0.4, -0.2) is 36.9 Å². The van der Waals surface area contributed by atoms with Gasteiger partial charge < -0.3 is 5.11 Å². The summed E-state index contributed by atoms with van der Waals surface area (Å²) in [5.74, 6) is -0.452. The molecule has 0 atom stereocenters. The maximum absolute atomic E-state index is 12.7. The van der Waals surface area contributed by atoms with Crippen molar-refractivity contribution in [2.75, 3.05) is 13.1 Å². The molecule has 0 unspecified atom stereocenters. The van der Waals surface area contributed by atoms with Crippen LogP contribution in [0, 0.1) is 5.92 Å². The van der Waals surface area contributed by atoms with Crippen LogP contribution in [0.15, 0.2) is 46.7 Å². The Balaban J connectivity index is 1.61. The van der Waals surface area contributed by atoms with Crippen LogP contribution in [0.3, 0.4) is 0 Å². The number of sulfonamides is 1. The molecule has 7 heteroatoms. The number of aliphatic carboxylic acids is 1. The molecule has 0 spiro atoms. The van der Waals surface area contributed by atoms with E-state index in [1.165, 1.54) is 15.9 Å². The maximum Gasteiger partial charge on any atom is 0.308 e. The van der Waals surface area contributed by atoms with Gasteiger partial charge in [0.05, 0.1) is 6.42 Å². The van der Waals surface area contributed by atoms with Gasteiger partial charge in [-0.3, -0.25) is 4.79 Å². The van der Waals surface area contributed by atoms with E-state index in [0.29, 0.717) is 23.9 Å². The van der Waals surface area contributed by atoms with Crippen LogP contribution < -0.4 is 0 Å². The third kappa shape index (κ3) is 4.48. The van der Waals surface area contributed by atoms with Gasteiger partial charge in [0.15, 0.2) is 0 Å². The van der Waals surface area contributed by atoms with Crippen molar-refractivity contribution in [2.24, 2.45) is 5.92 Å². The number of carboxylic acids is 1. The highest BCUT2D eigenvalue weighted by atomic mass is 32.2. The molecular formula is C18H21NO4S2. The Morgan fingerprint density at radius 2 is 1.80 bits per heavy atom. The first kappa shape index (κ1) is 18.1. The monoisotopic (exact) mass is 379 g/mol. The third-order valence-corrected chi connectivity index (χ3v) is 7.95. The van der Waals surface area contributed by atoms with Gasteiger partial charge in [0.25, 0.3) is 10.0 Å². The average Bonchev–Trinajstić information content (AvgIpc) is 3.05. The van der Waals surface area contributed by atoms with Gasteiger partial charge in [-0.05, 0) is 42.9 Å². The van der Waals surface area contributed by atoms with Crippen LogP contribution in [-0.2, 0) is 27.7 Å². The number of carboxylic acid groups (broad SMARTS) is 1. The largest absolute Gasteiger partial charge is 0.481 e. The lowest BCUT2D eigenvalue weighted by molar-refractivity contribution is -0.136. The minimum atomic E-state index is -3.51. The first-order valence-corrected chi connectivity index (χ1v) is 10.6. The summed E-state index contributed by atoms with van der Waals surface area (Å²) >= 11 is 1.05. The fourth-order valence-electron chi connectivity index (χ4n) is 3.17. The number of carbonyl (C=O) groups is 1. The van der Waals surface area contributed by atoms with Crippen molar-refractivity contribution in [3.05, 3.63) is 52.9 Å². The summed E-state index contributed by atoms with van der Waals surface area (Å²) in [4.78, 5) is 11.3. The van der Waals surface area contributed by atoms with E-state index in [4.69, 9.17) is 5.11 Å². The Hall–Kier alpha value is -1.70. The van der Waals surface area contributed by atoms with E-state index >= 15 is 0 Å². The van der Waals surface area contributed by atoms with Crippen LogP contribution in [0.2, 0.25) is 0 Å². The molecule has 1 N–H and O–H groups in total. The van der Waals surface area contributed by atoms with E-state index in [0.717, 1.165) is 30.6 Å². The average molecular weight is 380 g/mol. The molecule has 0 bridgehead atoms. The van der Waals surface area contributed by atoms with Crippen LogP contribution in [0.25, 0.3) is 0 Å². The molecule has 1 aromatic carbocycles. The Morgan fingerprint density at radius 1 is 1.12 bits per heavy atom. The standard InChI is InChI=1S/C18H21NO4S2/c20-17(21)13-16-6-7-18(24-16)25(22,23)19-10-8-15(9-11-19)12-14-4-2-1-3-5-14/h1-7,15H,8-13H2,(H,20,21). The topological polar surface area (TPSA) is 74.7 Å². The number of benzene rings is 1. The highest BCUT2D eigenvalue weighted by Gasteiger charge is 2.30. The van der Waals surface area contributed by atoms with Crippen molar-refractivity contribution in [1.82, 2.24) is 4.31 Å². The smallest absolute Gasteiger partial charge is 0.308 e. The molecule has 0 saturated carbocycles. The van der Waals surface area contributed by atoms with Gasteiger partial charge in [0.1, 0.15) is 4.21 Å². The lowest BCUT2D eigenvalue weighted by Gasteiger charge is -2.30. The summed E-state index contributed by atoms with van der Waals surface area (Å²) < 4.78 is 27.3. The van der Waals surface area contributed by atoms with Gasteiger partial charge in [-0.25, -0.2) is 8.42 Å². The molecule has 5 nitrogen and oxygen atoms in total. The summed E-state index contributed by atoms with van der Waals surface area (Å²) in [6.45, 7) is 1.04. The minimum Gasteiger partial charge on any atom is -0.481 e. The van der Waals surface area contributed by atoms with E-state index in [1.54, 1.807) is 6.07 Å². The van der Waals surface area contributed by atoms with Crippen molar-refractivity contribution < 1.29 is 18.3 Å². The molecule has 2 heterocycles. The predicted molar refractivity (Wildman–Crippen MR) is 97.3 cm³/mol. The van der Waals surface area contributed by atoms with Crippen LogP contribution in [0.5, 0.6) is 0 Å². The normalized spacial score (nSPS) is 16.8. The zero-order valence-corrected chi connectivity index (χ0v) is 15.4. The first-order chi connectivity index (χ1) is 11.9. The van der Waals surface area contributed by atoms with Gasteiger partial charge in [-0.2, -0.15) is 4.31 Å². The molecule has 134 valence electrons. The molecule has 1 fully saturated rings. The van der Waals surface area contributed by atoms with Gasteiger partial charge in [0, 0.05) is 18.0 Å². The Labute approximate surface area is 152 Å². The number of nitrogens with zero attached hydrogens (tertiary/aromatic N) is 1. The van der Waals surface area contributed by atoms with E-state index in [1.807, 2.05) is 18.2 Å². The van der Waals surface area contributed by atoms with Crippen LogP contribution in [0.4, 0.5) is 0 Å². The van der Waals surface area contributed by atoms with E-state index < -0.39 is 16.0 Å². The summed E-state index contributed by atoms with van der Waals surface area (Å²) in [5, 5.41) is 8.82. The molecule has 0 aliphatic carbocycles. The van der Waals surface area contributed by atoms with Crippen LogP contribution >= 0.6 is 11.3 Å². The molecule has 1 saturated heterocycles. The molecule has 2 aromatic rings. The van der Waals surface area contributed by atoms with Crippen molar-refractivity contribution in [3.63, 3.8) is 0 Å². The van der Waals surface area contributed by atoms with Crippen molar-refractivity contribution in [1.29, 1.82) is 0 Å². The summed E-state index contributed by atoms with van der Waals surface area (Å²) in [6.07, 6.45) is 2.54. The SMILES string of the molecule is O=C(O)Cc1ccc(S(=O)(=O)N2CCC(Cc3ccccc3)CC2)s1. The quantitative estimate of drug-likeness (QED) is 0.837. The second-order valence-corrected chi connectivity index (χ2v) is 9.66. The molecule has 1 aromatic heterocycles. The second kappa shape index (κ2) is 7.68. The molecular weight excluding hydrogens is 358 g/mol. The maximum atomic E-state index is 12.7. The third-order valence-electron chi connectivity index (χ3n) is 4.50. The van der Waals surface area contributed by atoms with Crippen LogP contribution in [0.1, 0.15) is 23.3 Å². The Kier molecular flexibility index (Phi) is 5.56. The Morgan fingerprint density at radius 3 is 2.44 bits per heavy atom. The lowest BCUT2D eigenvalue weighted by atomic mass is 9.91. The van der Waals surface area contributed by atoms with E-state index in [2.05, 4.69) is 12.1 Å². The molecule has 25 heavy (non-hydrogen) atoms. The molecule has 0 amide bonds. The minimum absolute atomic E-state index is 0.140. The molecule has 1 aliphatic heterocycles. The predicted octanol–water partition coefficient (Wildman–Crippen LogP) is 3.02. The van der Waals surface area contributed by atoms with Gasteiger partial charge in [0.2, 0.25) is 0 Å². The highest BCUT2D eigenvalue weighted by Crippen LogP contribution is 2.29. The molecule has 3 rings (SSSR count). The van der Waals surface area contributed by atoms with Gasteiger partial charge in [-0.15, -0.1) is 11.3 Å². The number of hydrogen-bond acceptors (Lipinski definition) is 4.